The van der Waals surface area contributed by atoms with E-state index in [1.165, 1.54) is 11.1 Å². The zero-order valence-electron chi connectivity index (χ0n) is 15.3. The average molecular weight is 342 g/mol. The van der Waals surface area contributed by atoms with Gasteiger partial charge in [-0.05, 0) is 31.7 Å². The van der Waals surface area contributed by atoms with E-state index >= 15 is 0 Å². The van der Waals surface area contributed by atoms with Crippen molar-refractivity contribution in [1.82, 2.24) is 9.80 Å². The molecule has 0 aromatic heterocycles. The number of morpholine rings is 1. The van der Waals surface area contributed by atoms with Crippen molar-refractivity contribution in [2.24, 2.45) is 5.92 Å². The van der Waals surface area contributed by atoms with Crippen molar-refractivity contribution in [3.8, 4) is 0 Å². The topological polar surface area (TPSA) is 32.8 Å². The predicted molar refractivity (Wildman–Crippen MR) is 101 cm³/mol. The minimum Gasteiger partial charge on any atom is -0.379 e. The molecule has 1 aliphatic heterocycles. The fourth-order valence-electron chi connectivity index (χ4n) is 3.35. The molecule has 0 unspecified atom stereocenters. The highest BCUT2D eigenvalue weighted by Crippen LogP contribution is 2.31. The van der Waals surface area contributed by atoms with Crippen molar-refractivity contribution in [2.75, 3.05) is 45.9 Å². The lowest BCUT2D eigenvalue weighted by molar-refractivity contribution is -0.132. The van der Waals surface area contributed by atoms with E-state index in [4.69, 9.17) is 4.74 Å². The number of ether oxygens (including phenoxy) is 1. The Morgan fingerprint density at radius 3 is 2.64 bits per heavy atom. The molecule has 1 saturated carbocycles. The standard InChI is InChI=1S/C21H30N2O2/c1-18(16-19-6-3-2-4-7-19)17-23(21(24)20-8-9-20)11-5-10-22-12-14-25-15-13-22/h2-4,6-7,16,20H,5,8-15,17H2,1H3/b18-16+. The van der Waals surface area contributed by atoms with Gasteiger partial charge >= 0.3 is 0 Å². The van der Waals surface area contributed by atoms with Crippen molar-refractivity contribution in [2.45, 2.75) is 26.2 Å². The maximum atomic E-state index is 12.6. The van der Waals surface area contributed by atoms with Crippen LogP contribution in [0.25, 0.3) is 6.08 Å². The monoisotopic (exact) mass is 342 g/mol. The molecule has 0 radical (unpaired) electrons. The van der Waals surface area contributed by atoms with Crippen molar-refractivity contribution in [3.05, 3.63) is 41.5 Å². The van der Waals surface area contributed by atoms with Crippen LogP contribution in [0.15, 0.2) is 35.9 Å². The summed E-state index contributed by atoms with van der Waals surface area (Å²) >= 11 is 0. The molecule has 136 valence electrons. The minimum absolute atomic E-state index is 0.285. The second kappa shape index (κ2) is 9.16. The highest BCUT2D eigenvalue weighted by molar-refractivity contribution is 5.81. The summed E-state index contributed by atoms with van der Waals surface area (Å²) in [7, 11) is 0. The number of rotatable bonds is 8. The number of amides is 1. The summed E-state index contributed by atoms with van der Waals surface area (Å²) in [6.07, 6.45) is 5.37. The summed E-state index contributed by atoms with van der Waals surface area (Å²) in [6.45, 7) is 8.49. The van der Waals surface area contributed by atoms with Crippen molar-refractivity contribution in [1.29, 1.82) is 0 Å². The lowest BCUT2D eigenvalue weighted by atomic mass is 10.1. The number of carbonyl (C=O) groups is 1. The molecule has 25 heavy (non-hydrogen) atoms. The van der Waals surface area contributed by atoms with Gasteiger partial charge in [0.1, 0.15) is 0 Å². The summed E-state index contributed by atoms with van der Waals surface area (Å²) in [5.41, 5.74) is 2.44. The van der Waals surface area contributed by atoms with E-state index in [1.54, 1.807) is 0 Å². The lowest BCUT2D eigenvalue weighted by Gasteiger charge is -2.28. The Morgan fingerprint density at radius 1 is 1.24 bits per heavy atom. The third-order valence-electron chi connectivity index (χ3n) is 4.90. The van der Waals surface area contributed by atoms with Crippen LogP contribution in [0.4, 0.5) is 0 Å². The molecule has 0 bridgehead atoms. The van der Waals surface area contributed by atoms with Crippen LogP contribution in [-0.4, -0.2) is 61.6 Å². The van der Waals surface area contributed by atoms with Crippen molar-refractivity contribution in [3.63, 3.8) is 0 Å². The van der Waals surface area contributed by atoms with Gasteiger partial charge < -0.3 is 9.64 Å². The van der Waals surface area contributed by atoms with Gasteiger partial charge in [-0.3, -0.25) is 9.69 Å². The van der Waals surface area contributed by atoms with Gasteiger partial charge in [0, 0.05) is 38.6 Å². The first kappa shape index (κ1) is 18.2. The molecule has 1 saturated heterocycles. The molecule has 1 heterocycles. The fraction of sp³-hybridized carbons (Fsp3) is 0.571. The van der Waals surface area contributed by atoms with Crippen LogP contribution in [0.5, 0.6) is 0 Å². The van der Waals surface area contributed by atoms with Gasteiger partial charge in [0.05, 0.1) is 13.2 Å². The van der Waals surface area contributed by atoms with E-state index in [9.17, 15) is 4.79 Å². The first-order valence-electron chi connectivity index (χ1n) is 9.53. The first-order valence-corrected chi connectivity index (χ1v) is 9.53. The Labute approximate surface area is 151 Å². The molecule has 1 aromatic carbocycles. The van der Waals surface area contributed by atoms with E-state index in [1.807, 2.05) is 6.07 Å². The molecule has 1 amide bonds. The number of benzene rings is 1. The zero-order valence-corrected chi connectivity index (χ0v) is 15.3. The lowest BCUT2D eigenvalue weighted by Crippen LogP contribution is -2.39. The Balaban J connectivity index is 1.53. The van der Waals surface area contributed by atoms with Crippen LogP contribution in [0.1, 0.15) is 31.7 Å². The molecule has 2 aliphatic rings. The summed E-state index contributed by atoms with van der Waals surface area (Å²) < 4.78 is 5.40. The van der Waals surface area contributed by atoms with Gasteiger partial charge in [-0.15, -0.1) is 0 Å². The molecular weight excluding hydrogens is 312 g/mol. The first-order chi connectivity index (χ1) is 12.2. The molecule has 2 fully saturated rings. The highest BCUT2D eigenvalue weighted by Gasteiger charge is 2.33. The number of carbonyl (C=O) groups excluding carboxylic acids is 1. The van der Waals surface area contributed by atoms with Crippen LogP contribution < -0.4 is 0 Å². The predicted octanol–water partition coefficient (Wildman–Crippen LogP) is 3.05. The van der Waals surface area contributed by atoms with Crippen molar-refractivity contribution >= 4 is 12.0 Å². The maximum Gasteiger partial charge on any atom is 0.225 e. The normalized spacial score (nSPS) is 19.0. The second-order valence-electron chi connectivity index (χ2n) is 7.24. The Hall–Kier alpha value is -1.65. The van der Waals surface area contributed by atoms with E-state index in [-0.39, 0.29) is 5.92 Å². The van der Waals surface area contributed by atoms with Crippen LogP contribution >= 0.6 is 0 Å². The maximum absolute atomic E-state index is 12.6. The fourth-order valence-corrected chi connectivity index (χ4v) is 3.35. The molecule has 0 N–H and O–H groups in total. The molecule has 4 heteroatoms. The van der Waals surface area contributed by atoms with E-state index < -0.39 is 0 Å². The molecule has 0 spiro atoms. The molecule has 0 atom stereocenters. The molecule has 1 aromatic rings. The van der Waals surface area contributed by atoms with Gasteiger partial charge in [0.2, 0.25) is 5.91 Å². The van der Waals surface area contributed by atoms with Gasteiger partial charge in [0.15, 0.2) is 0 Å². The summed E-state index contributed by atoms with van der Waals surface area (Å²) in [5.74, 6) is 0.635. The van der Waals surface area contributed by atoms with Gasteiger partial charge in [0.25, 0.3) is 0 Å². The van der Waals surface area contributed by atoms with Gasteiger partial charge in [-0.2, -0.15) is 0 Å². The van der Waals surface area contributed by atoms with Crippen LogP contribution in [-0.2, 0) is 9.53 Å². The average Bonchev–Trinajstić information content (AvgIpc) is 3.47. The minimum atomic E-state index is 0.285. The Bertz CT molecular complexity index is 575. The summed E-state index contributed by atoms with van der Waals surface area (Å²) in [5, 5.41) is 0. The summed E-state index contributed by atoms with van der Waals surface area (Å²) in [6, 6.07) is 10.3. The zero-order chi connectivity index (χ0) is 17.5. The second-order valence-corrected chi connectivity index (χ2v) is 7.24. The van der Waals surface area contributed by atoms with E-state index in [0.717, 1.165) is 65.2 Å². The summed E-state index contributed by atoms with van der Waals surface area (Å²) in [4.78, 5) is 17.2. The molecule has 4 nitrogen and oxygen atoms in total. The van der Waals surface area contributed by atoms with E-state index in [2.05, 4.69) is 47.1 Å². The smallest absolute Gasteiger partial charge is 0.225 e. The number of nitrogens with zero attached hydrogens (tertiary/aromatic N) is 2. The Morgan fingerprint density at radius 2 is 1.96 bits per heavy atom. The molecule has 3 rings (SSSR count). The SMILES string of the molecule is C/C(=C\c1ccccc1)CN(CCCN1CCOCC1)C(=O)C1CC1. The third-order valence-corrected chi connectivity index (χ3v) is 4.90. The quantitative estimate of drug-likeness (QED) is 0.728. The van der Waals surface area contributed by atoms with Gasteiger partial charge in [-0.25, -0.2) is 0 Å². The number of hydrogen-bond donors (Lipinski definition) is 0. The Kier molecular flexibility index (Phi) is 6.65. The van der Waals surface area contributed by atoms with Crippen LogP contribution in [0.2, 0.25) is 0 Å². The number of hydrogen-bond acceptors (Lipinski definition) is 3. The largest absolute Gasteiger partial charge is 0.379 e. The van der Waals surface area contributed by atoms with Gasteiger partial charge in [-0.1, -0.05) is 42.0 Å². The third kappa shape index (κ3) is 5.98. The van der Waals surface area contributed by atoms with Crippen LogP contribution in [0, 0.1) is 5.92 Å². The van der Waals surface area contributed by atoms with Crippen molar-refractivity contribution < 1.29 is 9.53 Å². The molecular formula is C21H30N2O2. The highest BCUT2D eigenvalue weighted by atomic mass is 16.5. The molecule has 1 aliphatic carbocycles. The van der Waals surface area contributed by atoms with E-state index in [0.29, 0.717) is 5.91 Å². The van der Waals surface area contributed by atoms with Crippen LogP contribution in [0.3, 0.4) is 0 Å².